The highest BCUT2D eigenvalue weighted by Crippen LogP contribution is 2.40. The molecule has 6 fully saturated rings. The van der Waals surface area contributed by atoms with Gasteiger partial charge in [0.25, 0.3) is 0 Å². The second-order valence-electron chi connectivity index (χ2n) is 27.2. The normalized spacial score (nSPS) is 20.6. The number of aliphatic carboxylic acids is 1. The van der Waals surface area contributed by atoms with Crippen molar-refractivity contribution in [3.05, 3.63) is 107 Å². The SMILES string of the molecule is CC(C)(C)OC(=O)N1CCC(OCCN2CCCC2)(c2ccncc2)CC1.COc1cc(C)c(S(=O)(=O)N2CCCC[C@H]2COCC(=O)N2CCC(OCCN3CCCC3)(c3ccncc3)CC2)c(C)c1.COc1cc(C)c(S(=O)(=O)N2CCCC[C@H]2COCC(=O)O)c(C)c1. The minimum Gasteiger partial charge on any atom is -0.497 e. The van der Waals surface area contributed by atoms with Gasteiger partial charge in [-0.05, 0) is 234 Å². The quantitative estimate of drug-likeness (QED) is 0.0686. The number of likely N-dealkylation sites (tertiary alicyclic amines) is 4. The summed E-state index contributed by atoms with van der Waals surface area (Å²) in [7, 11) is -4.32. The van der Waals surface area contributed by atoms with Gasteiger partial charge in [-0.15, -0.1) is 0 Å². The Balaban J connectivity index is 0.000000196. The number of aryl methyl sites for hydroxylation is 4. The number of hydrogen-bond donors (Lipinski definition) is 1. The molecule has 4 aromatic rings. The van der Waals surface area contributed by atoms with E-state index in [0.717, 1.165) is 82.4 Å². The van der Waals surface area contributed by atoms with Crippen LogP contribution in [0.3, 0.4) is 0 Å². The van der Waals surface area contributed by atoms with Gasteiger partial charge in [-0.25, -0.2) is 26.4 Å². The van der Waals surface area contributed by atoms with Gasteiger partial charge in [-0.1, -0.05) is 12.8 Å². The second kappa shape index (κ2) is 35.3. The molecule has 6 saturated heterocycles. The predicted octanol–water partition coefficient (Wildman–Crippen LogP) is 9.27. The van der Waals surface area contributed by atoms with Crippen LogP contribution in [0.1, 0.15) is 144 Å². The smallest absolute Gasteiger partial charge is 0.410 e. The van der Waals surface area contributed by atoms with Crippen LogP contribution in [-0.2, 0) is 64.5 Å². The maximum absolute atomic E-state index is 13.8. The minimum absolute atomic E-state index is 0.0664. The summed E-state index contributed by atoms with van der Waals surface area (Å²) >= 11 is 0. The van der Waals surface area contributed by atoms with E-state index in [1.807, 2.05) is 62.3 Å². The monoisotopic (exact) mass is 1370 g/mol. The predicted molar refractivity (Wildman–Crippen MR) is 365 cm³/mol. The lowest BCUT2D eigenvalue weighted by Crippen LogP contribution is -2.49. The van der Waals surface area contributed by atoms with E-state index in [4.69, 9.17) is 38.3 Å². The van der Waals surface area contributed by atoms with E-state index in [1.165, 1.54) is 43.1 Å². The number of ether oxygens (including phenoxy) is 7. The molecule has 6 aliphatic rings. The number of nitrogens with zero attached hydrogens (tertiary/aromatic N) is 8. The lowest BCUT2D eigenvalue weighted by atomic mass is 9.84. The third kappa shape index (κ3) is 20.4. The number of amides is 2. The fourth-order valence-corrected chi connectivity index (χ4v) is 18.5. The second-order valence-corrected chi connectivity index (χ2v) is 30.9. The molecule has 23 nitrogen and oxygen atoms in total. The molecule has 0 aliphatic carbocycles. The fraction of sp³-hybridized carbons (Fsp3) is 0.648. The van der Waals surface area contributed by atoms with Crippen molar-refractivity contribution >= 4 is 38.0 Å². The summed E-state index contributed by atoms with van der Waals surface area (Å²) < 4.78 is 97.5. The molecule has 2 aromatic heterocycles. The Bertz CT molecular complexity index is 3320. The van der Waals surface area contributed by atoms with Crippen molar-refractivity contribution in [1.82, 2.24) is 38.2 Å². The molecule has 25 heteroatoms. The van der Waals surface area contributed by atoms with Crippen LogP contribution in [0.15, 0.2) is 83.1 Å². The lowest BCUT2D eigenvalue weighted by molar-refractivity contribution is -0.145. The zero-order valence-corrected chi connectivity index (χ0v) is 59.9. The van der Waals surface area contributed by atoms with Crippen LogP contribution >= 0.6 is 0 Å². The molecule has 8 heterocycles. The minimum atomic E-state index is -3.74. The van der Waals surface area contributed by atoms with Crippen LogP contribution in [0.4, 0.5) is 4.79 Å². The third-order valence-corrected chi connectivity index (χ3v) is 23.7. The van der Waals surface area contributed by atoms with E-state index in [1.54, 1.807) is 87.8 Å². The summed E-state index contributed by atoms with van der Waals surface area (Å²) in [6, 6.07) is 14.4. The molecule has 6 aliphatic heterocycles. The molecule has 0 saturated carbocycles. The van der Waals surface area contributed by atoms with Crippen LogP contribution in [0.2, 0.25) is 0 Å². The molecule has 2 amide bonds. The number of carboxylic acid groups (broad SMARTS) is 1. The summed E-state index contributed by atoms with van der Waals surface area (Å²) in [4.78, 5) is 53.8. The van der Waals surface area contributed by atoms with E-state index in [0.29, 0.717) is 115 Å². The number of carbonyl (C=O) groups is 3. The molecule has 0 bridgehead atoms. The number of hydrogen-bond acceptors (Lipinski definition) is 18. The van der Waals surface area contributed by atoms with Gasteiger partial charge < -0.3 is 57.9 Å². The molecule has 2 atom stereocenters. The topological polar surface area (TPSA) is 250 Å². The highest BCUT2D eigenvalue weighted by Gasteiger charge is 2.42. The van der Waals surface area contributed by atoms with Gasteiger partial charge >= 0.3 is 12.1 Å². The highest BCUT2D eigenvalue weighted by molar-refractivity contribution is 7.89. The molecule has 2 aromatic carbocycles. The van der Waals surface area contributed by atoms with Crippen molar-refractivity contribution in [3.8, 4) is 11.5 Å². The third-order valence-electron chi connectivity index (χ3n) is 19.2. The van der Waals surface area contributed by atoms with Crippen molar-refractivity contribution in [3.63, 3.8) is 0 Å². The van der Waals surface area contributed by atoms with E-state index in [9.17, 15) is 31.2 Å². The molecular formula is C71H106N8O15S2. The number of carbonyl (C=O) groups excluding carboxylic acids is 2. The molecule has 10 rings (SSSR count). The van der Waals surface area contributed by atoms with Gasteiger partial charge in [0.2, 0.25) is 26.0 Å². The molecule has 0 radical (unpaired) electrons. The van der Waals surface area contributed by atoms with Crippen LogP contribution in [0.25, 0.3) is 0 Å². The number of piperidine rings is 4. The standard InChI is InChI=1S/C33H48N4O6S.C21H33N3O3.C17H25NO6S/c1-26-22-30(41-3)23-27(2)32(26)44(39,40)37-17-5-4-8-29(37)24-42-25-31(38)36-18-11-33(12-19-36,28-9-13-34-14-10-28)43-21-20-35-15-6-7-16-35;1-20(2,3)27-19(25)24-14-8-21(9-15-24,18-6-10-22-11-7-18)26-17-16-23-12-4-5-13-23;1-12-8-15(23-3)9-13(2)17(12)25(21,22)18-7-5-4-6-14(18)10-24-11-16(19)20/h9-10,13-14,22-23,29H,4-8,11-12,15-21,24-25H2,1-3H3;6-7,10-11H,4-5,8-9,12-17H2,1-3H3;8-9,14H,4-7,10-11H2,1-3H3,(H,19,20)/t29-;;14-/m0.0/s1. The Morgan fingerprint density at radius 2 is 0.896 bits per heavy atom. The number of aromatic nitrogens is 2. The summed E-state index contributed by atoms with van der Waals surface area (Å²) in [5.41, 5.74) is 3.60. The van der Waals surface area contributed by atoms with E-state index < -0.39 is 43.8 Å². The number of sulfonamides is 2. The molecule has 1 N–H and O–H groups in total. The molecule has 0 unspecified atom stereocenters. The average molecular weight is 1380 g/mol. The van der Waals surface area contributed by atoms with Crippen LogP contribution in [-0.4, -0.2) is 228 Å². The Morgan fingerprint density at radius 1 is 0.531 bits per heavy atom. The van der Waals surface area contributed by atoms with Crippen molar-refractivity contribution in [2.24, 2.45) is 0 Å². The maximum Gasteiger partial charge on any atom is 0.410 e. The Labute approximate surface area is 570 Å². The first-order valence-corrected chi connectivity index (χ1v) is 37.3. The molecule has 0 spiro atoms. The first-order valence-electron chi connectivity index (χ1n) is 34.4. The molecule has 96 heavy (non-hydrogen) atoms. The fourth-order valence-electron chi connectivity index (χ4n) is 14.3. The van der Waals surface area contributed by atoms with Crippen LogP contribution in [0.5, 0.6) is 11.5 Å². The van der Waals surface area contributed by atoms with Crippen molar-refractivity contribution in [2.45, 2.75) is 177 Å². The van der Waals surface area contributed by atoms with Crippen LogP contribution in [0, 0.1) is 27.7 Å². The van der Waals surface area contributed by atoms with E-state index >= 15 is 0 Å². The first kappa shape index (κ1) is 75.9. The Kier molecular flexibility index (Phi) is 27.9. The van der Waals surface area contributed by atoms with E-state index in [2.05, 4.69) is 19.8 Å². The largest absolute Gasteiger partial charge is 0.497 e. The van der Waals surface area contributed by atoms with Gasteiger partial charge in [0, 0.05) is 89.2 Å². The lowest BCUT2D eigenvalue weighted by Gasteiger charge is -2.42. The summed E-state index contributed by atoms with van der Waals surface area (Å²) in [6.45, 7) is 23.8. The highest BCUT2D eigenvalue weighted by atomic mass is 32.2. The number of benzene rings is 2. The van der Waals surface area contributed by atoms with Crippen molar-refractivity contribution in [1.29, 1.82) is 0 Å². The average Bonchev–Trinajstić information content (AvgIpc) is 0.965. The Morgan fingerprint density at radius 3 is 1.26 bits per heavy atom. The number of carboxylic acids is 1. The number of methoxy groups -OCH3 is 2. The summed E-state index contributed by atoms with van der Waals surface area (Å²) in [5, 5.41) is 8.70. The van der Waals surface area contributed by atoms with Crippen molar-refractivity contribution in [2.75, 3.05) is 132 Å². The van der Waals surface area contributed by atoms with Gasteiger partial charge in [0.05, 0.1) is 61.6 Å². The maximum atomic E-state index is 13.8. The van der Waals surface area contributed by atoms with Crippen LogP contribution < -0.4 is 9.47 Å². The number of pyridine rings is 2. The first-order chi connectivity index (χ1) is 45.9. The van der Waals surface area contributed by atoms with Gasteiger partial charge in [0.15, 0.2) is 0 Å². The Hall–Kier alpha value is -5.87. The number of rotatable bonds is 24. The van der Waals surface area contributed by atoms with Gasteiger partial charge in [-0.3, -0.25) is 14.8 Å². The van der Waals surface area contributed by atoms with Gasteiger partial charge in [-0.2, -0.15) is 8.61 Å². The molecular weight excluding hydrogens is 1270 g/mol. The van der Waals surface area contributed by atoms with Gasteiger partial charge in [0.1, 0.15) is 30.3 Å². The van der Waals surface area contributed by atoms with E-state index in [-0.39, 0.29) is 49.5 Å². The summed E-state index contributed by atoms with van der Waals surface area (Å²) in [5.74, 6) is 0.124. The zero-order valence-electron chi connectivity index (χ0n) is 58.3. The zero-order chi connectivity index (χ0) is 69.1. The van der Waals surface area contributed by atoms with Crippen molar-refractivity contribution < 1.29 is 69.5 Å². The molecule has 532 valence electrons. The summed E-state index contributed by atoms with van der Waals surface area (Å²) in [6.07, 6.45) is 19.8.